The number of thioether (sulfide) groups is 1. The van der Waals surface area contributed by atoms with Crippen LogP contribution in [0.3, 0.4) is 0 Å². The minimum Gasteiger partial charge on any atom is -0.291 e. The predicted octanol–water partition coefficient (Wildman–Crippen LogP) is 1.95. The minimum atomic E-state index is 0.112. The molecule has 1 unspecified atom stereocenters. The normalized spacial score (nSPS) is 21.9. The summed E-state index contributed by atoms with van der Waals surface area (Å²) in [5, 5.41) is 0.112. The molecule has 4 heteroatoms. The first-order valence-corrected chi connectivity index (χ1v) is 5.84. The van der Waals surface area contributed by atoms with Gasteiger partial charge in [0.15, 0.2) is 5.78 Å². The van der Waals surface area contributed by atoms with Crippen molar-refractivity contribution in [3.8, 4) is 0 Å². The van der Waals surface area contributed by atoms with E-state index >= 15 is 0 Å². The molecule has 0 radical (unpaired) electrons. The van der Waals surface area contributed by atoms with E-state index in [0.29, 0.717) is 5.69 Å². The third kappa shape index (κ3) is 2.12. The summed E-state index contributed by atoms with van der Waals surface area (Å²) in [7, 11) is 0. The molecule has 1 aliphatic rings. The molecule has 1 atom stereocenters. The highest BCUT2D eigenvalue weighted by Crippen LogP contribution is 2.27. The summed E-state index contributed by atoms with van der Waals surface area (Å²) in [4.78, 5) is 19.8. The number of carbonyl (C=O) groups excluding carboxylic acids is 1. The summed E-state index contributed by atoms with van der Waals surface area (Å²) in [5.74, 6) is 1.24. The molecule has 2 heterocycles. The van der Waals surface area contributed by atoms with Gasteiger partial charge in [-0.1, -0.05) is 6.42 Å². The van der Waals surface area contributed by atoms with Crippen molar-refractivity contribution >= 4 is 17.5 Å². The fourth-order valence-corrected chi connectivity index (χ4v) is 2.80. The Morgan fingerprint density at radius 2 is 2.36 bits per heavy atom. The highest BCUT2D eigenvalue weighted by Gasteiger charge is 2.23. The summed E-state index contributed by atoms with van der Waals surface area (Å²) in [6.45, 7) is 0. The number of hydrogen-bond acceptors (Lipinski definition) is 4. The number of aromatic nitrogens is 2. The third-order valence-electron chi connectivity index (χ3n) is 2.29. The second kappa shape index (κ2) is 4.55. The van der Waals surface area contributed by atoms with Crippen LogP contribution >= 0.6 is 11.8 Å². The van der Waals surface area contributed by atoms with Crippen LogP contribution in [0.1, 0.15) is 29.8 Å². The maximum Gasteiger partial charge on any atom is 0.195 e. The largest absolute Gasteiger partial charge is 0.291 e. The molecule has 0 bridgehead atoms. The predicted molar refractivity (Wildman–Crippen MR) is 56.5 cm³/mol. The van der Waals surface area contributed by atoms with Crippen molar-refractivity contribution in [1.82, 2.24) is 9.97 Å². The molecule has 74 valence electrons. The molecule has 0 saturated carbocycles. The van der Waals surface area contributed by atoms with Gasteiger partial charge in [0.05, 0.1) is 11.4 Å². The Morgan fingerprint density at radius 1 is 1.43 bits per heavy atom. The van der Waals surface area contributed by atoms with Gasteiger partial charge in [-0.15, -0.1) is 0 Å². The first-order chi connectivity index (χ1) is 6.88. The fraction of sp³-hybridized carbons (Fsp3) is 0.500. The van der Waals surface area contributed by atoms with Gasteiger partial charge in [-0.25, -0.2) is 4.98 Å². The molecular weight excluding hydrogens is 196 g/mol. The molecule has 1 aliphatic heterocycles. The van der Waals surface area contributed by atoms with Crippen LogP contribution in [0.4, 0.5) is 0 Å². The lowest BCUT2D eigenvalue weighted by Gasteiger charge is -2.19. The van der Waals surface area contributed by atoms with Crippen molar-refractivity contribution < 1.29 is 4.79 Å². The number of ketones is 1. The van der Waals surface area contributed by atoms with Crippen LogP contribution in [0.2, 0.25) is 0 Å². The van der Waals surface area contributed by atoms with Crippen LogP contribution in [-0.4, -0.2) is 26.8 Å². The van der Waals surface area contributed by atoms with E-state index in [2.05, 4.69) is 9.97 Å². The van der Waals surface area contributed by atoms with Crippen LogP contribution in [-0.2, 0) is 0 Å². The van der Waals surface area contributed by atoms with Gasteiger partial charge in [-0.2, -0.15) is 11.8 Å². The minimum absolute atomic E-state index is 0.112. The molecule has 2 rings (SSSR count). The molecule has 1 aromatic rings. The van der Waals surface area contributed by atoms with Crippen LogP contribution in [0.5, 0.6) is 0 Å². The topological polar surface area (TPSA) is 42.9 Å². The van der Waals surface area contributed by atoms with Crippen molar-refractivity contribution in [2.75, 3.05) is 5.75 Å². The molecule has 0 N–H and O–H groups in total. The van der Waals surface area contributed by atoms with Gasteiger partial charge in [-0.3, -0.25) is 9.78 Å². The molecule has 3 nitrogen and oxygen atoms in total. The second-order valence-corrected chi connectivity index (χ2v) is 4.62. The lowest BCUT2D eigenvalue weighted by atomic mass is 10.1. The first kappa shape index (κ1) is 9.65. The number of carbonyl (C=O) groups is 1. The molecule has 1 saturated heterocycles. The maximum atomic E-state index is 11.9. The number of nitrogens with zero attached hydrogens (tertiary/aromatic N) is 2. The smallest absolute Gasteiger partial charge is 0.195 e. The van der Waals surface area contributed by atoms with Crippen LogP contribution in [0.15, 0.2) is 18.6 Å². The van der Waals surface area contributed by atoms with Crippen molar-refractivity contribution in [3.05, 3.63) is 24.3 Å². The zero-order valence-electron chi connectivity index (χ0n) is 7.85. The van der Waals surface area contributed by atoms with Crippen molar-refractivity contribution in [3.63, 3.8) is 0 Å². The summed E-state index contributed by atoms with van der Waals surface area (Å²) in [6.07, 6.45) is 8.08. The van der Waals surface area contributed by atoms with E-state index in [1.165, 1.54) is 6.42 Å². The molecule has 1 fully saturated rings. The van der Waals surface area contributed by atoms with E-state index in [4.69, 9.17) is 0 Å². The van der Waals surface area contributed by atoms with E-state index in [1.807, 2.05) is 0 Å². The summed E-state index contributed by atoms with van der Waals surface area (Å²) in [6, 6.07) is 0. The van der Waals surface area contributed by atoms with Gasteiger partial charge in [0.2, 0.25) is 0 Å². The molecule has 0 aromatic carbocycles. The summed E-state index contributed by atoms with van der Waals surface area (Å²) >= 11 is 1.75. The Balaban J connectivity index is 2.07. The monoisotopic (exact) mass is 208 g/mol. The van der Waals surface area contributed by atoms with E-state index in [-0.39, 0.29) is 11.0 Å². The second-order valence-electron chi connectivity index (χ2n) is 3.31. The molecule has 0 spiro atoms. The van der Waals surface area contributed by atoms with Crippen molar-refractivity contribution in [1.29, 1.82) is 0 Å². The van der Waals surface area contributed by atoms with E-state index < -0.39 is 0 Å². The van der Waals surface area contributed by atoms with Gasteiger partial charge in [0.25, 0.3) is 0 Å². The standard InChI is InChI=1S/C10H12N2OS/c13-10(8-7-11-4-5-12-8)9-3-1-2-6-14-9/h4-5,7,9H,1-3,6H2. The number of Topliss-reactive ketones (excluding diaryl/α,β-unsaturated/α-hetero) is 1. The fourth-order valence-electron chi connectivity index (χ4n) is 1.54. The van der Waals surface area contributed by atoms with Crippen molar-refractivity contribution in [2.45, 2.75) is 24.5 Å². The molecule has 0 amide bonds. The SMILES string of the molecule is O=C(c1cnccn1)C1CCCCS1. The Kier molecular flexibility index (Phi) is 3.14. The lowest BCUT2D eigenvalue weighted by Crippen LogP contribution is -2.21. The zero-order valence-corrected chi connectivity index (χ0v) is 8.67. The highest BCUT2D eigenvalue weighted by molar-refractivity contribution is 8.00. The summed E-state index contributed by atoms with van der Waals surface area (Å²) < 4.78 is 0. The Morgan fingerprint density at radius 3 is 3.00 bits per heavy atom. The van der Waals surface area contributed by atoms with Gasteiger partial charge >= 0.3 is 0 Å². The Bertz CT molecular complexity index is 309. The molecule has 1 aromatic heterocycles. The maximum absolute atomic E-state index is 11.9. The average molecular weight is 208 g/mol. The average Bonchev–Trinajstić information content (AvgIpc) is 2.30. The molecular formula is C10H12N2OS. The lowest BCUT2D eigenvalue weighted by molar-refractivity contribution is 0.0979. The van der Waals surface area contributed by atoms with E-state index in [0.717, 1.165) is 18.6 Å². The van der Waals surface area contributed by atoms with Gasteiger partial charge < -0.3 is 0 Å². The van der Waals surface area contributed by atoms with Gasteiger partial charge in [0, 0.05) is 12.4 Å². The Labute approximate surface area is 87.3 Å². The molecule has 14 heavy (non-hydrogen) atoms. The van der Waals surface area contributed by atoms with E-state index in [1.54, 1.807) is 30.4 Å². The number of rotatable bonds is 2. The quantitative estimate of drug-likeness (QED) is 0.697. The third-order valence-corrected chi connectivity index (χ3v) is 3.66. The molecule has 0 aliphatic carbocycles. The first-order valence-electron chi connectivity index (χ1n) is 4.80. The van der Waals surface area contributed by atoms with Gasteiger partial charge in [-0.05, 0) is 18.6 Å². The number of hydrogen-bond donors (Lipinski definition) is 0. The van der Waals surface area contributed by atoms with Crippen LogP contribution in [0, 0.1) is 0 Å². The van der Waals surface area contributed by atoms with Gasteiger partial charge in [0.1, 0.15) is 5.69 Å². The Hall–Kier alpha value is -0.900. The summed E-state index contributed by atoms with van der Waals surface area (Å²) in [5.41, 5.74) is 0.506. The zero-order chi connectivity index (χ0) is 9.80. The van der Waals surface area contributed by atoms with Crippen LogP contribution < -0.4 is 0 Å². The van der Waals surface area contributed by atoms with E-state index in [9.17, 15) is 4.79 Å². The highest BCUT2D eigenvalue weighted by atomic mass is 32.2. The van der Waals surface area contributed by atoms with Crippen molar-refractivity contribution in [2.24, 2.45) is 0 Å². The van der Waals surface area contributed by atoms with Crippen LogP contribution in [0.25, 0.3) is 0 Å².